The van der Waals surface area contributed by atoms with Crippen LogP contribution in [-0.2, 0) is 17.8 Å². The average Bonchev–Trinajstić information content (AvgIpc) is 3.24. The van der Waals surface area contributed by atoms with Crippen molar-refractivity contribution >= 4 is 28.6 Å². The summed E-state index contributed by atoms with van der Waals surface area (Å²) in [5, 5.41) is 16.6. The number of carbonyl (C=O) groups excluding carboxylic acids is 1. The predicted molar refractivity (Wildman–Crippen MR) is 92.1 cm³/mol. The monoisotopic (exact) mass is 339 g/mol. The van der Waals surface area contributed by atoms with E-state index in [0.29, 0.717) is 12.1 Å². The van der Waals surface area contributed by atoms with Crippen molar-refractivity contribution in [1.82, 2.24) is 10.3 Å². The first-order valence-corrected chi connectivity index (χ1v) is 8.74. The number of carbonyl (C=O) groups is 1. The molecule has 0 spiro atoms. The van der Waals surface area contributed by atoms with Crippen molar-refractivity contribution in [2.45, 2.75) is 13.0 Å². The molecule has 2 heterocycles. The van der Waals surface area contributed by atoms with E-state index in [1.54, 1.807) is 34.8 Å². The fraction of sp³-hybridized carbons (Fsp3) is 0.118. The third-order valence-corrected chi connectivity index (χ3v) is 5.10. The van der Waals surface area contributed by atoms with Gasteiger partial charge < -0.3 is 5.32 Å². The lowest BCUT2D eigenvalue weighted by Gasteiger charge is -2.04. The van der Waals surface area contributed by atoms with Crippen LogP contribution in [0.4, 0.5) is 0 Å². The van der Waals surface area contributed by atoms with Gasteiger partial charge in [0.2, 0.25) is 5.91 Å². The van der Waals surface area contributed by atoms with Gasteiger partial charge in [0.25, 0.3) is 0 Å². The van der Waals surface area contributed by atoms with Gasteiger partial charge in [0.05, 0.1) is 28.6 Å². The minimum Gasteiger partial charge on any atom is -0.352 e. The second-order valence-corrected chi connectivity index (χ2v) is 6.69. The van der Waals surface area contributed by atoms with Crippen molar-refractivity contribution in [2.75, 3.05) is 0 Å². The number of hydrogen-bond donors (Lipinski definition) is 1. The van der Waals surface area contributed by atoms with Gasteiger partial charge in [-0.05, 0) is 29.1 Å². The molecule has 1 aromatic carbocycles. The summed E-state index contributed by atoms with van der Waals surface area (Å²) < 4.78 is 0. The first kappa shape index (κ1) is 15.4. The molecule has 0 saturated carbocycles. The van der Waals surface area contributed by atoms with Crippen LogP contribution in [0.2, 0.25) is 0 Å². The molecule has 4 nitrogen and oxygen atoms in total. The third-order valence-electron chi connectivity index (χ3n) is 3.17. The number of rotatable bonds is 5. The molecule has 0 aliphatic rings. The number of nitrogens with one attached hydrogen (secondary N) is 1. The molecule has 114 valence electrons. The third kappa shape index (κ3) is 4.03. The van der Waals surface area contributed by atoms with Gasteiger partial charge in [-0.3, -0.25) is 4.79 Å². The van der Waals surface area contributed by atoms with Gasteiger partial charge in [0, 0.05) is 11.9 Å². The van der Waals surface area contributed by atoms with Crippen LogP contribution in [-0.4, -0.2) is 10.9 Å². The highest BCUT2D eigenvalue weighted by Crippen LogP contribution is 2.27. The number of nitrogens with zero attached hydrogens (tertiary/aromatic N) is 2. The largest absolute Gasteiger partial charge is 0.352 e. The summed E-state index contributed by atoms with van der Waals surface area (Å²) in [6.07, 6.45) is 0.264. The molecule has 1 N–H and O–H groups in total. The van der Waals surface area contributed by atoms with E-state index in [-0.39, 0.29) is 12.3 Å². The Morgan fingerprint density at radius 2 is 2.17 bits per heavy atom. The first-order chi connectivity index (χ1) is 11.2. The molecule has 0 bridgehead atoms. The van der Waals surface area contributed by atoms with Crippen LogP contribution in [0.3, 0.4) is 0 Å². The predicted octanol–water partition coefficient (Wildman–Crippen LogP) is 3.60. The molecule has 23 heavy (non-hydrogen) atoms. The summed E-state index contributed by atoms with van der Waals surface area (Å²) in [5.41, 5.74) is 2.29. The summed E-state index contributed by atoms with van der Waals surface area (Å²) in [6, 6.07) is 13.3. The van der Waals surface area contributed by atoms with Gasteiger partial charge in [-0.25, -0.2) is 4.98 Å². The number of amides is 1. The Labute approximate surface area is 142 Å². The summed E-state index contributed by atoms with van der Waals surface area (Å²) in [7, 11) is 0. The maximum atomic E-state index is 12.0. The van der Waals surface area contributed by atoms with Crippen LogP contribution in [0, 0.1) is 11.3 Å². The zero-order valence-corrected chi connectivity index (χ0v) is 13.8. The fourth-order valence-corrected chi connectivity index (χ4v) is 3.71. The van der Waals surface area contributed by atoms with Gasteiger partial charge in [0.15, 0.2) is 0 Å². The number of benzene rings is 1. The second kappa shape index (κ2) is 7.18. The highest BCUT2D eigenvalue weighted by molar-refractivity contribution is 7.20. The molecule has 6 heteroatoms. The van der Waals surface area contributed by atoms with Crippen LogP contribution in [0.5, 0.6) is 0 Å². The van der Waals surface area contributed by atoms with E-state index in [0.717, 1.165) is 21.1 Å². The van der Waals surface area contributed by atoms with Gasteiger partial charge in [-0.1, -0.05) is 18.2 Å². The molecule has 3 aromatic rings. The van der Waals surface area contributed by atoms with Gasteiger partial charge in [0.1, 0.15) is 5.01 Å². The molecule has 0 fully saturated rings. The molecule has 2 aromatic heterocycles. The van der Waals surface area contributed by atoms with Crippen LogP contribution in [0.25, 0.3) is 9.88 Å². The Morgan fingerprint density at radius 3 is 2.96 bits per heavy atom. The lowest BCUT2D eigenvalue weighted by atomic mass is 10.1. The number of nitriles is 1. The maximum Gasteiger partial charge on any atom is 0.226 e. The highest BCUT2D eigenvalue weighted by Gasteiger charge is 2.09. The minimum absolute atomic E-state index is 0.0737. The average molecular weight is 339 g/mol. The van der Waals surface area contributed by atoms with Gasteiger partial charge >= 0.3 is 0 Å². The number of thiophene rings is 1. The quantitative estimate of drug-likeness (QED) is 0.772. The van der Waals surface area contributed by atoms with Crippen molar-refractivity contribution in [3.63, 3.8) is 0 Å². The Morgan fingerprint density at radius 1 is 1.26 bits per heavy atom. The highest BCUT2D eigenvalue weighted by atomic mass is 32.1. The van der Waals surface area contributed by atoms with E-state index in [9.17, 15) is 4.79 Å². The van der Waals surface area contributed by atoms with Gasteiger partial charge in [-0.2, -0.15) is 5.26 Å². The molecule has 0 aliphatic heterocycles. The molecule has 1 amide bonds. The molecular formula is C17H13N3OS2. The van der Waals surface area contributed by atoms with E-state index in [4.69, 9.17) is 5.26 Å². The molecule has 0 aliphatic carbocycles. The van der Waals surface area contributed by atoms with Crippen molar-refractivity contribution in [2.24, 2.45) is 0 Å². The van der Waals surface area contributed by atoms with Crippen molar-refractivity contribution in [3.05, 3.63) is 64.0 Å². The van der Waals surface area contributed by atoms with Gasteiger partial charge in [-0.15, -0.1) is 22.7 Å². The molecular weight excluding hydrogens is 326 g/mol. The Bertz CT molecular complexity index is 847. The Balaban J connectivity index is 1.56. The molecule has 3 rings (SSSR count). The Hall–Kier alpha value is -2.49. The topological polar surface area (TPSA) is 65.8 Å². The summed E-state index contributed by atoms with van der Waals surface area (Å²) in [6.45, 7) is 0.413. The van der Waals surface area contributed by atoms with E-state index in [1.165, 1.54) is 0 Å². The standard InChI is InChI=1S/C17H13N3OS2/c18-9-12-3-1-4-13(7-12)10-19-16(21)8-14-11-23-17(20-14)15-5-2-6-22-15/h1-7,11H,8,10H2,(H,19,21). The lowest BCUT2D eigenvalue weighted by Crippen LogP contribution is -2.24. The summed E-state index contributed by atoms with van der Waals surface area (Å²) in [5.74, 6) is -0.0737. The number of thiazole rings is 1. The van der Waals surface area contributed by atoms with E-state index >= 15 is 0 Å². The number of hydrogen-bond acceptors (Lipinski definition) is 5. The smallest absolute Gasteiger partial charge is 0.226 e. The first-order valence-electron chi connectivity index (χ1n) is 6.98. The molecule has 0 radical (unpaired) electrons. The SMILES string of the molecule is N#Cc1cccc(CNC(=O)Cc2csc(-c3cccs3)n2)c1. The molecule has 0 unspecified atom stereocenters. The fourth-order valence-electron chi connectivity index (χ4n) is 2.08. The summed E-state index contributed by atoms with van der Waals surface area (Å²) in [4.78, 5) is 17.6. The molecule has 0 saturated heterocycles. The van der Waals surface area contributed by atoms with E-state index < -0.39 is 0 Å². The van der Waals surface area contributed by atoms with E-state index in [2.05, 4.69) is 16.4 Å². The number of aromatic nitrogens is 1. The van der Waals surface area contributed by atoms with Crippen molar-refractivity contribution in [1.29, 1.82) is 5.26 Å². The zero-order valence-electron chi connectivity index (χ0n) is 12.2. The normalized spacial score (nSPS) is 10.2. The van der Waals surface area contributed by atoms with Crippen LogP contribution in [0.1, 0.15) is 16.8 Å². The summed E-state index contributed by atoms with van der Waals surface area (Å²) >= 11 is 3.19. The van der Waals surface area contributed by atoms with Crippen LogP contribution >= 0.6 is 22.7 Å². The van der Waals surface area contributed by atoms with Crippen LogP contribution < -0.4 is 5.32 Å². The minimum atomic E-state index is -0.0737. The Kier molecular flexibility index (Phi) is 4.81. The van der Waals surface area contributed by atoms with Crippen molar-refractivity contribution < 1.29 is 4.79 Å². The lowest BCUT2D eigenvalue weighted by molar-refractivity contribution is -0.120. The maximum absolute atomic E-state index is 12.0. The van der Waals surface area contributed by atoms with Crippen LogP contribution in [0.15, 0.2) is 47.2 Å². The second-order valence-electron chi connectivity index (χ2n) is 4.89. The molecule has 0 atom stereocenters. The zero-order chi connectivity index (χ0) is 16.1. The van der Waals surface area contributed by atoms with E-state index in [1.807, 2.05) is 35.0 Å². The van der Waals surface area contributed by atoms with Crippen molar-refractivity contribution in [3.8, 4) is 16.0 Å².